The third kappa shape index (κ3) is 3.75. The number of fused-ring (bicyclic) bond motifs is 3. The molecule has 2 aliphatic rings. The van der Waals surface area contributed by atoms with Gasteiger partial charge in [0, 0.05) is 12.2 Å². The number of carbonyl (C=O) groups is 3. The van der Waals surface area contributed by atoms with E-state index in [-0.39, 0.29) is 17.5 Å². The molecule has 0 spiro atoms. The van der Waals surface area contributed by atoms with Gasteiger partial charge in [0.25, 0.3) is 5.91 Å². The number of nitriles is 1. The zero-order valence-corrected chi connectivity index (χ0v) is 15.5. The van der Waals surface area contributed by atoms with Gasteiger partial charge in [0.2, 0.25) is 5.91 Å². The number of anilines is 3. The van der Waals surface area contributed by atoms with Crippen LogP contribution in [0.4, 0.5) is 17.1 Å². The lowest BCUT2D eigenvalue weighted by molar-refractivity contribution is -0.119. The van der Waals surface area contributed by atoms with Crippen molar-refractivity contribution in [2.45, 2.75) is 18.9 Å². The molecule has 4 rings (SSSR count). The average Bonchev–Trinajstić information content (AvgIpc) is 3.23. The molecule has 1 fully saturated rings. The van der Waals surface area contributed by atoms with E-state index in [1.165, 1.54) is 0 Å². The zero-order chi connectivity index (χ0) is 20.4. The summed E-state index contributed by atoms with van der Waals surface area (Å²) < 4.78 is 5.08. The van der Waals surface area contributed by atoms with Crippen LogP contribution in [-0.2, 0) is 14.3 Å². The van der Waals surface area contributed by atoms with Crippen LogP contribution in [0.2, 0.25) is 0 Å². The van der Waals surface area contributed by atoms with E-state index in [4.69, 9.17) is 10.00 Å². The van der Waals surface area contributed by atoms with E-state index in [0.717, 1.165) is 25.1 Å². The first-order valence-corrected chi connectivity index (χ1v) is 9.24. The molecule has 0 aromatic heterocycles. The van der Waals surface area contributed by atoms with Crippen LogP contribution in [0, 0.1) is 11.3 Å². The van der Waals surface area contributed by atoms with E-state index in [1.807, 2.05) is 11.0 Å². The standard InChI is InChI=1S/C21H18N4O4/c22-11-13-3-6-15(7-4-13)23-19(26)12-29-21(28)14-5-8-17-16(10-14)24-20(27)18-2-1-9-25(17)18/h3-8,10,18H,1-2,9,12H2,(H,23,26)(H,24,27)/t18-/m0/s1. The maximum atomic E-state index is 12.3. The second-order valence-electron chi connectivity index (χ2n) is 6.89. The Morgan fingerprint density at radius 3 is 2.79 bits per heavy atom. The molecular formula is C21H18N4O4. The Morgan fingerprint density at radius 2 is 2.03 bits per heavy atom. The molecule has 2 amide bonds. The van der Waals surface area contributed by atoms with Crippen molar-refractivity contribution in [3.63, 3.8) is 0 Å². The molecule has 0 radical (unpaired) electrons. The third-order valence-corrected chi connectivity index (χ3v) is 4.99. The summed E-state index contributed by atoms with van der Waals surface area (Å²) in [5.41, 5.74) is 2.70. The van der Waals surface area contributed by atoms with Gasteiger partial charge in [0.15, 0.2) is 6.61 Å². The summed E-state index contributed by atoms with van der Waals surface area (Å²) in [6, 6.07) is 13.2. The highest BCUT2D eigenvalue weighted by molar-refractivity contribution is 6.05. The summed E-state index contributed by atoms with van der Waals surface area (Å²) in [6.45, 7) is 0.362. The van der Waals surface area contributed by atoms with Crippen molar-refractivity contribution in [1.82, 2.24) is 0 Å². The Balaban J connectivity index is 1.37. The van der Waals surface area contributed by atoms with Crippen LogP contribution in [0.3, 0.4) is 0 Å². The highest BCUT2D eigenvalue weighted by atomic mass is 16.5. The molecule has 29 heavy (non-hydrogen) atoms. The number of hydrogen-bond acceptors (Lipinski definition) is 6. The smallest absolute Gasteiger partial charge is 0.338 e. The molecule has 8 heteroatoms. The number of amides is 2. The Bertz CT molecular complexity index is 1030. The molecule has 0 saturated carbocycles. The van der Waals surface area contributed by atoms with Crippen molar-refractivity contribution in [3.05, 3.63) is 53.6 Å². The third-order valence-electron chi connectivity index (χ3n) is 4.99. The Morgan fingerprint density at radius 1 is 1.24 bits per heavy atom. The van der Waals surface area contributed by atoms with Gasteiger partial charge >= 0.3 is 5.97 Å². The molecule has 0 bridgehead atoms. The first-order chi connectivity index (χ1) is 14.0. The number of nitrogens with one attached hydrogen (secondary N) is 2. The van der Waals surface area contributed by atoms with E-state index >= 15 is 0 Å². The molecular weight excluding hydrogens is 372 g/mol. The molecule has 146 valence electrons. The van der Waals surface area contributed by atoms with E-state index in [2.05, 4.69) is 10.6 Å². The molecule has 2 aliphatic heterocycles. The maximum Gasteiger partial charge on any atom is 0.338 e. The number of hydrogen-bond donors (Lipinski definition) is 2. The van der Waals surface area contributed by atoms with Crippen LogP contribution >= 0.6 is 0 Å². The van der Waals surface area contributed by atoms with Crippen LogP contribution in [-0.4, -0.2) is 37.0 Å². The normalized spacial score (nSPS) is 16.9. The Hall–Kier alpha value is -3.86. The molecule has 2 N–H and O–H groups in total. The fourth-order valence-corrected chi connectivity index (χ4v) is 3.60. The lowest BCUT2D eigenvalue weighted by Gasteiger charge is -2.33. The number of nitrogens with zero attached hydrogens (tertiary/aromatic N) is 2. The van der Waals surface area contributed by atoms with E-state index < -0.39 is 18.5 Å². The van der Waals surface area contributed by atoms with Crippen molar-refractivity contribution in [2.24, 2.45) is 0 Å². The number of esters is 1. The zero-order valence-electron chi connectivity index (χ0n) is 15.5. The molecule has 8 nitrogen and oxygen atoms in total. The molecule has 1 atom stereocenters. The topological polar surface area (TPSA) is 112 Å². The highest BCUT2D eigenvalue weighted by Crippen LogP contribution is 2.37. The van der Waals surface area contributed by atoms with Crippen LogP contribution < -0.4 is 15.5 Å². The van der Waals surface area contributed by atoms with Crippen LogP contribution in [0.25, 0.3) is 0 Å². The van der Waals surface area contributed by atoms with E-state index in [1.54, 1.807) is 42.5 Å². The fraction of sp³-hybridized carbons (Fsp3) is 0.238. The number of carbonyl (C=O) groups excluding carboxylic acids is 3. The Labute approximate surface area is 167 Å². The predicted octanol–water partition coefficient (Wildman–Crippen LogP) is 2.27. The average molecular weight is 390 g/mol. The van der Waals surface area contributed by atoms with Crippen molar-refractivity contribution >= 4 is 34.8 Å². The summed E-state index contributed by atoms with van der Waals surface area (Å²) in [6.07, 6.45) is 1.78. The van der Waals surface area contributed by atoms with Gasteiger partial charge in [-0.3, -0.25) is 9.59 Å². The van der Waals surface area contributed by atoms with Crippen LogP contribution in [0.1, 0.15) is 28.8 Å². The first-order valence-electron chi connectivity index (χ1n) is 9.24. The minimum atomic E-state index is -0.652. The van der Waals surface area contributed by atoms with Crippen molar-refractivity contribution in [1.29, 1.82) is 5.26 Å². The summed E-state index contributed by atoms with van der Waals surface area (Å²) in [7, 11) is 0. The summed E-state index contributed by atoms with van der Waals surface area (Å²) >= 11 is 0. The molecule has 2 heterocycles. The monoisotopic (exact) mass is 390 g/mol. The predicted molar refractivity (Wildman–Crippen MR) is 106 cm³/mol. The minimum absolute atomic E-state index is 0.0673. The second-order valence-corrected chi connectivity index (χ2v) is 6.89. The molecule has 2 aromatic carbocycles. The second kappa shape index (κ2) is 7.64. The van der Waals surface area contributed by atoms with Gasteiger partial charge in [-0.25, -0.2) is 4.79 Å². The van der Waals surface area contributed by atoms with Gasteiger partial charge in [-0.1, -0.05) is 0 Å². The summed E-state index contributed by atoms with van der Waals surface area (Å²) in [5.74, 6) is -1.21. The van der Waals surface area contributed by atoms with Gasteiger partial charge in [0.1, 0.15) is 6.04 Å². The van der Waals surface area contributed by atoms with E-state index in [9.17, 15) is 14.4 Å². The Kier molecular flexibility index (Phi) is 4.87. The van der Waals surface area contributed by atoms with Gasteiger partial charge in [-0.2, -0.15) is 5.26 Å². The van der Waals surface area contributed by atoms with Crippen molar-refractivity contribution < 1.29 is 19.1 Å². The highest BCUT2D eigenvalue weighted by Gasteiger charge is 2.36. The molecule has 0 unspecified atom stereocenters. The summed E-state index contributed by atoms with van der Waals surface area (Å²) in [4.78, 5) is 38.6. The van der Waals surface area contributed by atoms with Gasteiger partial charge in [-0.15, -0.1) is 0 Å². The van der Waals surface area contributed by atoms with Gasteiger partial charge in [0.05, 0.1) is 28.6 Å². The largest absolute Gasteiger partial charge is 0.452 e. The van der Waals surface area contributed by atoms with Crippen molar-refractivity contribution in [2.75, 3.05) is 28.7 Å². The fourth-order valence-electron chi connectivity index (χ4n) is 3.60. The SMILES string of the molecule is N#Cc1ccc(NC(=O)COC(=O)c2ccc3c(c2)NC(=O)[C@@H]2CCCN32)cc1. The van der Waals surface area contributed by atoms with Crippen molar-refractivity contribution in [3.8, 4) is 6.07 Å². The summed E-state index contributed by atoms with van der Waals surface area (Å²) in [5, 5.41) is 14.2. The first kappa shape index (κ1) is 18.5. The van der Waals surface area contributed by atoms with Gasteiger partial charge < -0.3 is 20.3 Å². The molecule has 0 aliphatic carbocycles. The lowest BCUT2D eigenvalue weighted by Crippen LogP contribution is -2.43. The molecule has 2 aromatic rings. The number of ether oxygens (including phenoxy) is 1. The van der Waals surface area contributed by atoms with Gasteiger partial charge in [-0.05, 0) is 55.3 Å². The van der Waals surface area contributed by atoms with Crippen LogP contribution in [0.5, 0.6) is 0 Å². The molecule has 1 saturated heterocycles. The quantitative estimate of drug-likeness (QED) is 0.775. The lowest BCUT2D eigenvalue weighted by atomic mass is 10.1. The number of benzene rings is 2. The van der Waals surface area contributed by atoms with Crippen LogP contribution in [0.15, 0.2) is 42.5 Å². The number of rotatable bonds is 4. The minimum Gasteiger partial charge on any atom is -0.452 e. The maximum absolute atomic E-state index is 12.3. The van der Waals surface area contributed by atoms with E-state index in [0.29, 0.717) is 16.9 Å².